The molecule has 2 aliphatic heterocycles. The Morgan fingerprint density at radius 1 is 0.579 bits per heavy atom. The van der Waals surface area contributed by atoms with Crippen LogP contribution in [-0.2, 0) is 0 Å². The molecule has 0 spiro atoms. The van der Waals surface area contributed by atoms with Gasteiger partial charge in [0.15, 0.2) is 8.07 Å². The van der Waals surface area contributed by atoms with Crippen LogP contribution >= 0.6 is 0 Å². The van der Waals surface area contributed by atoms with E-state index in [0.717, 1.165) is 16.9 Å². The van der Waals surface area contributed by atoms with E-state index in [1.54, 1.807) is 29.3 Å². The molecule has 0 unspecified atom stereocenters. The van der Waals surface area contributed by atoms with E-state index in [0.29, 0.717) is 11.5 Å². The average molecular weight is 763 g/mol. The smallest absolute Gasteiger partial charge is 0.182 e. The molecule has 1 aromatic heterocycles. The molecule has 0 saturated carbocycles. The molecule has 0 bridgehead atoms. The van der Waals surface area contributed by atoms with Crippen molar-refractivity contribution in [3.8, 4) is 45.0 Å². The molecule has 3 heterocycles. The summed E-state index contributed by atoms with van der Waals surface area (Å²) in [5.41, 5.74) is 2.68. The molecule has 274 valence electrons. The molecule has 57 heavy (non-hydrogen) atoms. The van der Waals surface area contributed by atoms with Crippen molar-refractivity contribution in [3.63, 3.8) is 0 Å². The molecule has 0 aliphatic carbocycles. The SMILES string of the molecule is [2H]c1c([2H])c(-c2cccc(-c3c([2H])c([2H])c(C([2H])([2H])[2H])c([2H])c3[2H])c2N2C=CN(c3cccc(Oc4ccc5c(c4)-c4ncccc4[Si]5(c4ccccc4)c4ccccc4)c3)C2)c([2H])c([2H])c1C. The van der Waals surface area contributed by atoms with Gasteiger partial charge in [-0.25, -0.2) is 0 Å². The Bertz CT molecular complexity index is 3270. The second kappa shape index (κ2) is 14.3. The van der Waals surface area contributed by atoms with Gasteiger partial charge < -0.3 is 14.5 Å². The zero-order valence-electron chi connectivity index (χ0n) is 41.9. The molecular weight excluding hydrogens is 711 g/mol. The van der Waals surface area contributed by atoms with Crippen LogP contribution in [0.1, 0.15) is 26.2 Å². The van der Waals surface area contributed by atoms with Crippen LogP contribution in [0.25, 0.3) is 33.5 Å². The normalized spacial score (nSPS) is 16.7. The summed E-state index contributed by atoms with van der Waals surface area (Å²) in [6.07, 6.45) is 5.39. The molecule has 0 amide bonds. The van der Waals surface area contributed by atoms with Crippen LogP contribution in [-0.4, -0.2) is 19.7 Å². The second-order valence-corrected chi connectivity index (χ2v) is 17.8. The van der Waals surface area contributed by atoms with Gasteiger partial charge in [0, 0.05) is 51.2 Å². The van der Waals surface area contributed by atoms with Crippen LogP contribution in [0.4, 0.5) is 11.4 Å². The minimum absolute atomic E-state index is 0.0151. The maximum absolute atomic E-state index is 9.04. The highest BCUT2D eigenvalue weighted by atomic mass is 28.3. The van der Waals surface area contributed by atoms with Gasteiger partial charge in [-0.3, -0.25) is 4.98 Å². The molecule has 4 nitrogen and oxygen atoms in total. The van der Waals surface area contributed by atoms with Crippen molar-refractivity contribution < 1.29 is 19.8 Å². The van der Waals surface area contributed by atoms with Crippen LogP contribution in [0, 0.1) is 13.8 Å². The van der Waals surface area contributed by atoms with Crippen molar-refractivity contribution in [2.24, 2.45) is 0 Å². The number of rotatable bonds is 8. The molecule has 7 aromatic carbocycles. The Kier molecular flexibility index (Phi) is 6.15. The van der Waals surface area contributed by atoms with Crippen LogP contribution in [0.2, 0.25) is 0 Å². The monoisotopic (exact) mass is 762 g/mol. The number of aromatic nitrogens is 1. The molecular formula is C52H41N3OSi. The highest BCUT2D eigenvalue weighted by molar-refractivity contribution is 7.22. The summed E-state index contributed by atoms with van der Waals surface area (Å²) in [5, 5.41) is 4.97. The quantitative estimate of drug-likeness (QED) is 0.144. The Morgan fingerprint density at radius 2 is 1.21 bits per heavy atom. The molecule has 10 rings (SSSR count). The van der Waals surface area contributed by atoms with Crippen LogP contribution in [0.3, 0.4) is 0 Å². The van der Waals surface area contributed by atoms with Gasteiger partial charge in [0.25, 0.3) is 0 Å². The van der Waals surface area contributed by atoms with Crippen LogP contribution in [0.15, 0.2) is 200 Å². The fraction of sp³-hybridized carbons (Fsp3) is 0.0577. The first-order chi connectivity index (χ1) is 32.6. The summed E-state index contributed by atoms with van der Waals surface area (Å²) in [4.78, 5) is 8.65. The van der Waals surface area contributed by atoms with Crippen molar-refractivity contribution in [3.05, 3.63) is 212 Å². The summed E-state index contributed by atoms with van der Waals surface area (Å²) >= 11 is 0. The number of ether oxygens (including phenoxy) is 1. The molecule has 0 atom stereocenters. The first kappa shape index (κ1) is 24.5. The fourth-order valence-electron chi connectivity index (χ4n) is 8.15. The van der Waals surface area contributed by atoms with E-state index in [9.17, 15) is 0 Å². The van der Waals surface area contributed by atoms with Gasteiger partial charge in [-0.2, -0.15) is 0 Å². The maximum Gasteiger partial charge on any atom is 0.182 e. The third-order valence-electron chi connectivity index (χ3n) is 10.6. The van der Waals surface area contributed by atoms with Gasteiger partial charge >= 0.3 is 0 Å². The van der Waals surface area contributed by atoms with E-state index < -0.39 is 44.7 Å². The van der Waals surface area contributed by atoms with E-state index in [4.69, 9.17) is 24.8 Å². The van der Waals surface area contributed by atoms with E-state index in [2.05, 4.69) is 66.7 Å². The molecule has 5 heteroatoms. The topological polar surface area (TPSA) is 28.6 Å². The minimum atomic E-state index is -2.92. The number of hydrogen-bond acceptors (Lipinski definition) is 4. The number of pyridine rings is 1. The molecule has 0 saturated heterocycles. The van der Waals surface area contributed by atoms with Gasteiger partial charge in [0.2, 0.25) is 0 Å². The van der Waals surface area contributed by atoms with Crippen molar-refractivity contribution >= 4 is 40.2 Å². The van der Waals surface area contributed by atoms with Crippen molar-refractivity contribution in [2.75, 3.05) is 16.5 Å². The van der Waals surface area contributed by atoms with E-state index in [1.807, 2.05) is 65.8 Å². The first-order valence-corrected chi connectivity index (χ1v) is 20.6. The summed E-state index contributed by atoms with van der Waals surface area (Å²) in [6.45, 7) is -1.27. The van der Waals surface area contributed by atoms with Gasteiger partial charge in [-0.05, 0) is 76.0 Å². The zero-order chi connectivity index (χ0) is 47.8. The lowest BCUT2D eigenvalue weighted by atomic mass is 9.94. The van der Waals surface area contributed by atoms with Crippen LogP contribution < -0.4 is 35.3 Å². The standard InChI is InChI=1S/C52H41N3OSi/c1-37-21-25-39(26-22-37)46-18-10-19-47(40-27-23-38(2)24-28-40)52(46)55-33-32-54(36-55)41-12-9-13-42(34-41)56-43-29-30-49-48(35-43)51-50(20-11-31-53-51)57(49,44-14-5-3-6-15-44)45-16-7-4-8-17-45/h3-35H,36H2,1-2H3/i1D3,21D,22D,23D,24D,25D,26D,27D,28D. The Hall–Kier alpha value is -6.95. The predicted octanol–water partition coefficient (Wildman–Crippen LogP) is 9.94. The summed E-state index contributed by atoms with van der Waals surface area (Å²) < 4.78 is 101. The van der Waals surface area contributed by atoms with E-state index in [-0.39, 0.29) is 64.3 Å². The first-order valence-electron chi connectivity index (χ1n) is 24.1. The third-order valence-corrected chi connectivity index (χ3v) is 15.5. The molecule has 2 aliphatic rings. The lowest BCUT2D eigenvalue weighted by Gasteiger charge is -2.31. The average Bonchev–Trinajstić information content (AvgIpc) is 3.95. The Morgan fingerprint density at radius 3 is 1.89 bits per heavy atom. The lowest BCUT2D eigenvalue weighted by molar-refractivity contribution is 0.483. The molecule has 8 aromatic rings. The number of benzene rings is 7. The number of anilines is 2. The Balaban J connectivity index is 1.03. The summed E-state index contributed by atoms with van der Waals surface area (Å²) in [5.74, 6) is 1.19. The minimum Gasteiger partial charge on any atom is -0.457 e. The fourth-order valence-corrected chi connectivity index (χ4v) is 13.2. The number of nitrogens with zero attached hydrogens (tertiary/aromatic N) is 3. The van der Waals surface area contributed by atoms with Crippen LogP contribution in [0.5, 0.6) is 11.5 Å². The molecule has 0 radical (unpaired) electrons. The van der Waals surface area contributed by atoms with Crippen molar-refractivity contribution in [2.45, 2.75) is 13.8 Å². The van der Waals surface area contributed by atoms with Gasteiger partial charge in [-0.15, -0.1) is 0 Å². The van der Waals surface area contributed by atoms with Gasteiger partial charge in [-0.1, -0.05) is 157 Å². The third kappa shape index (κ3) is 6.04. The highest BCUT2D eigenvalue weighted by Crippen LogP contribution is 2.42. The molecule has 0 fully saturated rings. The number of para-hydroxylation sites is 1. The van der Waals surface area contributed by atoms with Gasteiger partial charge in [0.05, 0.1) is 29.0 Å². The largest absolute Gasteiger partial charge is 0.457 e. The summed E-state index contributed by atoms with van der Waals surface area (Å²) in [7, 11) is -2.73. The number of fused-ring (bicyclic) bond motifs is 3. The zero-order valence-corrected chi connectivity index (χ0v) is 31.9. The molecule has 0 N–H and O–H groups in total. The predicted molar refractivity (Wildman–Crippen MR) is 239 cm³/mol. The summed E-state index contributed by atoms with van der Waals surface area (Å²) in [6, 6.07) is 40.6. The highest BCUT2D eigenvalue weighted by Gasteiger charge is 2.49. The Labute approximate surface area is 351 Å². The second-order valence-electron chi connectivity index (χ2n) is 14.0. The van der Waals surface area contributed by atoms with Crippen molar-refractivity contribution in [1.82, 2.24) is 4.98 Å². The van der Waals surface area contributed by atoms with Gasteiger partial charge in [0.1, 0.15) is 11.5 Å². The van der Waals surface area contributed by atoms with Crippen molar-refractivity contribution in [1.29, 1.82) is 0 Å². The van der Waals surface area contributed by atoms with E-state index >= 15 is 0 Å². The lowest BCUT2D eigenvalue weighted by Crippen LogP contribution is -2.72. The number of hydrogen-bond donors (Lipinski definition) is 0. The maximum atomic E-state index is 9.04. The van der Waals surface area contributed by atoms with E-state index in [1.165, 1.54) is 27.7 Å².